The van der Waals surface area contributed by atoms with Gasteiger partial charge in [-0.1, -0.05) is 24.3 Å². The van der Waals surface area contributed by atoms with Crippen molar-refractivity contribution in [2.24, 2.45) is 0 Å². The van der Waals surface area contributed by atoms with Crippen molar-refractivity contribution < 1.29 is 13.5 Å². The molecule has 0 spiro atoms. The summed E-state index contributed by atoms with van der Waals surface area (Å²) in [4.78, 5) is 2.39. The molecule has 0 bridgehead atoms. The summed E-state index contributed by atoms with van der Waals surface area (Å²) < 4.78 is 32.2. The largest absolute Gasteiger partial charge is 0.383 e. The van der Waals surface area contributed by atoms with Crippen LogP contribution in [0.1, 0.15) is 30.4 Å². The molecule has 2 aromatic carbocycles. The van der Waals surface area contributed by atoms with Gasteiger partial charge in [-0.3, -0.25) is 4.90 Å². The van der Waals surface area contributed by atoms with Crippen LogP contribution in [0.3, 0.4) is 0 Å². The van der Waals surface area contributed by atoms with E-state index in [9.17, 15) is 8.78 Å². The molecule has 0 amide bonds. The number of hydrogen-bond acceptors (Lipinski definition) is 2. The number of halogens is 2. The van der Waals surface area contributed by atoms with Gasteiger partial charge in [0.2, 0.25) is 0 Å². The maximum absolute atomic E-state index is 13.5. The lowest BCUT2D eigenvalue weighted by molar-refractivity contribution is 0.0475. The quantitative estimate of drug-likeness (QED) is 0.808. The molecule has 1 heterocycles. The number of rotatable bonds is 5. The second kappa shape index (κ2) is 7.41. The molecule has 2 aromatic rings. The Morgan fingerprint density at radius 2 is 1.46 bits per heavy atom. The zero-order valence-electron chi connectivity index (χ0n) is 14.0. The lowest BCUT2D eigenvalue weighted by atomic mass is 9.75. The maximum atomic E-state index is 13.5. The fraction of sp³-hybridized carbons (Fsp3) is 0.400. The Balaban J connectivity index is 2.11. The van der Waals surface area contributed by atoms with Crippen molar-refractivity contribution in [2.45, 2.75) is 24.8 Å². The first-order chi connectivity index (χ1) is 11.7. The summed E-state index contributed by atoms with van der Waals surface area (Å²) >= 11 is 0. The Morgan fingerprint density at radius 1 is 0.917 bits per heavy atom. The Morgan fingerprint density at radius 3 is 1.96 bits per heavy atom. The van der Waals surface area contributed by atoms with Gasteiger partial charge in [-0.15, -0.1) is 0 Å². The van der Waals surface area contributed by atoms with Crippen LogP contribution in [0.4, 0.5) is 8.78 Å². The molecule has 2 nitrogen and oxygen atoms in total. The van der Waals surface area contributed by atoms with Gasteiger partial charge in [0.1, 0.15) is 11.6 Å². The van der Waals surface area contributed by atoms with Gasteiger partial charge in [0.15, 0.2) is 0 Å². The highest BCUT2D eigenvalue weighted by Crippen LogP contribution is 2.43. The van der Waals surface area contributed by atoms with E-state index in [0.29, 0.717) is 6.61 Å². The Kier molecular flexibility index (Phi) is 5.27. The standard InChI is InChI=1S/C20H23F2NO/c1-24-15-14-23-13-3-2-12-20(23,16-4-8-18(21)9-5-16)17-6-10-19(22)11-7-17/h4-11H,2-3,12-15H2,1H3. The Bertz CT molecular complexity index is 609. The van der Waals surface area contributed by atoms with E-state index in [0.717, 1.165) is 43.5 Å². The van der Waals surface area contributed by atoms with E-state index >= 15 is 0 Å². The number of likely N-dealkylation sites (tertiary alicyclic amines) is 1. The molecule has 3 rings (SSSR count). The van der Waals surface area contributed by atoms with Gasteiger partial charge in [0.05, 0.1) is 12.1 Å². The first-order valence-electron chi connectivity index (χ1n) is 8.43. The molecule has 24 heavy (non-hydrogen) atoms. The maximum Gasteiger partial charge on any atom is 0.123 e. The van der Waals surface area contributed by atoms with Gasteiger partial charge >= 0.3 is 0 Å². The van der Waals surface area contributed by atoms with Crippen LogP contribution in [0.5, 0.6) is 0 Å². The summed E-state index contributed by atoms with van der Waals surface area (Å²) in [7, 11) is 1.70. The molecule has 0 atom stereocenters. The van der Waals surface area contributed by atoms with Gasteiger partial charge in [0, 0.05) is 13.7 Å². The molecule has 0 N–H and O–H groups in total. The number of methoxy groups -OCH3 is 1. The topological polar surface area (TPSA) is 12.5 Å². The summed E-state index contributed by atoms with van der Waals surface area (Å²) in [6.07, 6.45) is 3.13. The van der Waals surface area contributed by atoms with Crippen molar-refractivity contribution in [1.29, 1.82) is 0 Å². The molecule has 1 fully saturated rings. The predicted octanol–water partition coefficient (Wildman–Crippen LogP) is 4.34. The van der Waals surface area contributed by atoms with Crippen LogP contribution < -0.4 is 0 Å². The Hall–Kier alpha value is -1.78. The molecule has 0 aliphatic carbocycles. The van der Waals surface area contributed by atoms with E-state index in [1.165, 1.54) is 24.3 Å². The summed E-state index contributed by atoms with van der Waals surface area (Å²) in [5.41, 5.74) is 1.73. The van der Waals surface area contributed by atoms with Crippen LogP contribution in [-0.4, -0.2) is 31.7 Å². The molecule has 1 aliphatic heterocycles. The average Bonchev–Trinajstić information content (AvgIpc) is 2.61. The third-order valence-corrected chi connectivity index (χ3v) is 4.97. The monoisotopic (exact) mass is 331 g/mol. The first-order valence-corrected chi connectivity index (χ1v) is 8.43. The number of ether oxygens (including phenoxy) is 1. The zero-order chi connectivity index (χ0) is 17.0. The van der Waals surface area contributed by atoms with Crippen molar-refractivity contribution in [1.82, 2.24) is 4.90 Å². The third-order valence-electron chi connectivity index (χ3n) is 4.97. The van der Waals surface area contributed by atoms with E-state index in [4.69, 9.17) is 4.74 Å². The zero-order valence-corrected chi connectivity index (χ0v) is 14.0. The van der Waals surface area contributed by atoms with Gasteiger partial charge in [-0.25, -0.2) is 8.78 Å². The van der Waals surface area contributed by atoms with Crippen LogP contribution >= 0.6 is 0 Å². The van der Waals surface area contributed by atoms with Crippen molar-refractivity contribution >= 4 is 0 Å². The molecule has 0 saturated carbocycles. The minimum Gasteiger partial charge on any atom is -0.383 e. The van der Waals surface area contributed by atoms with Crippen molar-refractivity contribution in [2.75, 3.05) is 26.8 Å². The van der Waals surface area contributed by atoms with Crippen molar-refractivity contribution in [3.63, 3.8) is 0 Å². The molecular weight excluding hydrogens is 308 g/mol. The van der Waals surface area contributed by atoms with Gasteiger partial charge < -0.3 is 4.74 Å². The predicted molar refractivity (Wildman–Crippen MR) is 90.9 cm³/mol. The fourth-order valence-corrected chi connectivity index (χ4v) is 3.81. The minimum atomic E-state index is -0.363. The highest BCUT2D eigenvalue weighted by Gasteiger charge is 2.41. The van der Waals surface area contributed by atoms with Crippen LogP contribution in [0.25, 0.3) is 0 Å². The molecule has 0 unspecified atom stereocenters. The van der Waals surface area contributed by atoms with Gasteiger partial charge in [-0.05, 0) is 61.2 Å². The molecule has 4 heteroatoms. The van der Waals surface area contributed by atoms with E-state index < -0.39 is 0 Å². The normalized spacial score (nSPS) is 17.8. The van der Waals surface area contributed by atoms with Gasteiger partial charge in [0.25, 0.3) is 0 Å². The van der Waals surface area contributed by atoms with E-state index in [-0.39, 0.29) is 17.2 Å². The fourth-order valence-electron chi connectivity index (χ4n) is 3.81. The summed E-state index contributed by atoms with van der Waals surface area (Å²) in [5, 5.41) is 0. The number of benzene rings is 2. The van der Waals surface area contributed by atoms with E-state index in [2.05, 4.69) is 4.90 Å². The van der Waals surface area contributed by atoms with E-state index in [1.807, 2.05) is 24.3 Å². The summed E-state index contributed by atoms with van der Waals surface area (Å²) in [6, 6.07) is 13.4. The second-order valence-electron chi connectivity index (χ2n) is 6.31. The molecule has 128 valence electrons. The summed E-state index contributed by atoms with van der Waals surface area (Å²) in [5.74, 6) is -0.487. The highest BCUT2D eigenvalue weighted by atomic mass is 19.1. The van der Waals surface area contributed by atoms with Crippen molar-refractivity contribution in [3.8, 4) is 0 Å². The molecule has 0 aromatic heterocycles. The smallest absolute Gasteiger partial charge is 0.123 e. The lowest BCUT2D eigenvalue weighted by Crippen LogP contribution is -2.51. The highest BCUT2D eigenvalue weighted by molar-refractivity contribution is 5.39. The van der Waals surface area contributed by atoms with Crippen molar-refractivity contribution in [3.05, 3.63) is 71.3 Å². The molecular formula is C20H23F2NO. The number of hydrogen-bond donors (Lipinski definition) is 0. The SMILES string of the molecule is COCCN1CCCCC1(c1ccc(F)cc1)c1ccc(F)cc1. The second-order valence-corrected chi connectivity index (χ2v) is 6.31. The molecule has 1 aliphatic rings. The van der Waals surface area contributed by atoms with Crippen LogP contribution in [0, 0.1) is 11.6 Å². The van der Waals surface area contributed by atoms with E-state index in [1.54, 1.807) is 7.11 Å². The molecule has 0 radical (unpaired) electrons. The Labute approximate surface area is 142 Å². The van der Waals surface area contributed by atoms with Crippen LogP contribution in [0.15, 0.2) is 48.5 Å². The number of nitrogens with zero attached hydrogens (tertiary/aromatic N) is 1. The van der Waals surface area contributed by atoms with Crippen LogP contribution in [-0.2, 0) is 10.3 Å². The lowest BCUT2D eigenvalue weighted by Gasteiger charge is -2.48. The van der Waals surface area contributed by atoms with Crippen LogP contribution in [0.2, 0.25) is 0 Å². The molecule has 1 saturated heterocycles. The van der Waals surface area contributed by atoms with Gasteiger partial charge in [-0.2, -0.15) is 0 Å². The average molecular weight is 331 g/mol. The first kappa shape index (κ1) is 17.1. The number of piperidine rings is 1. The third kappa shape index (κ3) is 3.21. The summed E-state index contributed by atoms with van der Waals surface area (Å²) in [6.45, 7) is 2.35. The minimum absolute atomic E-state index is 0.243.